The molecule has 0 saturated carbocycles. The van der Waals surface area contributed by atoms with Gasteiger partial charge in [-0.05, 0) is 29.5 Å². The lowest BCUT2D eigenvalue weighted by Gasteiger charge is -2.22. The van der Waals surface area contributed by atoms with Crippen LogP contribution in [0.25, 0.3) is 11.2 Å². The molecule has 0 radical (unpaired) electrons. The summed E-state index contributed by atoms with van der Waals surface area (Å²) in [7, 11) is 0. The van der Waals surface area contributed by atoms with E-state index >= 15 is 0 Å². The fourth-order valence-corrected chi connectivity index (χ4v) is 3.42. The van der Waals surface area contributed by atoms with E-state index in [1.165, 1.54) is 4.88 Å². The number of fused-ring (bicyclic) bond motifs is 1. The average molecular weight is 272 g/mol. The number of imidazole rings is 1. The van der Waals surface area contributed by atoms with Crippen LogP contribution in [0.4, 0.5) is 5.95 Å². The molecule has 0 aliphatic heterocycles. The van der Waals surface area contributed by atoms with Gasteiger partial charge in [0, 0.05) is 11.1 Å². The van der Waals surface area contributed by atoms with E-state index in [0.717, 1.165) is 11.2 Å². The molecule has 3 aromatic rings. The van der Waals surface area contributed by atoms with Gasteiger partial charge in [-0.3, -0.25) is 4.57 Å². The van der Waals surface area contributed by atoms with Crippen molar-refractivity contribution in [1.82, 2.24) is 14.5 Å². The third-order valence-electron chi connectivity index (χ3n) is 3.22. The van der Waals surface area contributed by atoms with Crippen molar-refractivity contribution in [3.8, 4) is 0 Å². The first-order valence-corrected chi connectivity index (χ1v) is 7.18. The number of anilines is 1. The zero-order chi connectivity index (χ0) is 13.4. The molecular weight excluding hydrogens is 256 g/mol. The minimum Gasteiger partial charge on any atom is -0.369 e. The maximum atomic E-state index is 6.11. The highest BCUT2D eigenvalue weighted by molar-refractivity contribution is 7.10. The monoisotopic (exact) mass is 272 g/mol. The highest BCUT2D eigenvalue weighted by Crippen LogP contribution is 2.34. The Labute approximate surface area is 115 Å². The average Bonchev–Trinajstić information content (AvgIpc) is 2.99. The van der Waals surface area contributed by atoms with Crippen LogP contribution in [0.1, 0.15) is 24.8 Å². The minimum atomic E-state index is 0.180. The zero-order valence-corrected chi connectivity index (χ0v) is 11.8. The second-order valence-electron chi connectivity index (χ2n) is 4.89. The van der Waals surface area contributed by atoms with Crippen LogP contribution < -0.4 is 5.73 Å². The van der Waals surface area contributed by atoms with E-state index in [1.807, 2.05) is 16.7 Å². The Morgan fingerprint density at radius 3 is 2.79 bits per heavy atom. The van der Waals surface area contributed by atoms with Crippen LogP contribution in [0.2, 0.25) is 0 Å². The van der Waals surface area contributed by atoms with Gasteiger partial charge in [0.2, 0.25) is 5.95 Å². The largest absolute Gasteiger partial charge is 0.369 e. The highest BCUT2D eigenvalue weighted by Gasteiger charge is 2.24. The van der Waals surface area contributed by atoms with Gasteiger partial charge in [0.1, 0.15) is 5.52 Å². The molecule has 0 aliphatic carbocycles. The molecule has 0 aliphatic rings. The summed E-state index contributed by atoms with van der Waals surface area (Å²) < 4.78 is 2.05. The van der Waals surface area contributed by atoms with E-state index in [2.05, 4.69) is 41.3 Å². The molecule has 1 atom stereocenters. The molecule has 2 N–H and O–H groups in total. The van der Waals surface area contributed by atoms with E-state index in [4.69, 9.17) is 5.73 Å². The molecular formula is C14H16N4S. The smallest absolute Gasteiger partial charge is 0.203 e. The second kappa shape index (κ2) is 4.66. The van der Waals surface area contributed by atoms with Crippen molar-refractivity contribution in [1.29, 1.82) is 0 Å². The van der Waals surface area contributed by atoms with Crippen molar-refractivity contribution in [2.24, 2.45) is 5.92 Å². The number of nitrogens with two attached hydrogens (primary N) is 1. The van der Waals surface area contributed by atoms with Crippen molar-refractivity contribution in [2.45, 2.75) is 19.9 Å². The number of hydrogen-bond acceptors (Lipinski definition) is 4. The first-order valence-electron chi connectivity index (χ1n) is 6.30. The molecule has 3 heterocycles. The highest BCUT2D eigenvalue weighted by atomic mass is 32.1. The summed E-state index contributed by atoms with van der Waals surface area (Å²) in [5, 5.41) is 2.09. The molecule has 1 unspecified atom stereocenters. The number of nitrogens with zero attached hydrogens (tertiary/aromatic N) is 3. The Bertz CT molecular complexity index is 685. The Balaban J connectivity index is 2.23. The van der Waals surface area contributed by atoms with Gasteiger partial charge in [-0.15, -0.1) is 11.3 Å². The Morgan fingerprint density at radius 2 is 2.11 bits per heavy atom. The van der Waals surface area contributed by atoms with Crippen molar-refractivity contribution < 1.29 is 0 Å². The van der Waals surface area contributed by atoms with E-state index in [0.29, 0.717) is 11.9 Å². The first kappa shape index (κ1) is 12.2. The maximum Gasteiger partial charge on any atom is 0.203 e. The number of rotatable bonds is 3. The molecule has 0 spiro atoms. The topological polar surface area (TPSA) is 56.7 Å². The van der Waals surface area contributed by atoms with Gasteiger partial charge < -0.3 is 5.73 Å². The summed E-state index contributed by atoms with van der Waals surface area (Å²) in [6.07, 6.45) is 1.78. The quantitative estimate of drug-likeness (QED) is 0.795. The van der Waals surface area contributed by atoms with Crippen LogP contribution in [0.5, 0.6) is 0 Å². The molecule has 0 saturated heterocycles. The van der Waals surface area contributed by atoms with E-state index in [-0.39, 0.29) is 6.04 Å². The number of pyridine rings is 1. The Kier molecular flexibility index (Phi) is 2.98. The van der Waals surface area contributed by atoms with Gasteiger partial charge in [-0.2, -0.15) is 0 Å². The fourth-order valence-electron chi connectivity index (χ4n) is 2.43. The Hall–Kier alpha value is -1.88. The zero-order valence-electron chi connectivity index (χ0n) is 10.9. The molecule has 19 heavy (non-hydrogen) atoms. The molecule has 0 fully saturated rings. The van der Waals surface area contributed by atoms with Crippen LogP contribution in [0.3, 0.4) is 0 Å². The van der Waals surface area contributed by atoms with Gasteiger partial charge in [-0.1, -0.05) is 19.9 Å². The molecule has 0 bridgehead atoms. The van der Waals surface area contributed by atoms with Crippen LogP contribution in [0, 0.1) is 5.92 Å². The summed E-state index contributed by atoms with van der Waals surface area (Å²) in [6.45, 7) is 4.39. The SMILES string of the molecule is CC(C)C(c1cccs1)n1c(N)nc2cccnc21. The van der Waals surface area contributed by atoms with Crippen LogP contribution in [0.15, 0.2) is 35.8 Å². The molecule has 3 rings (SSSR count). The standard InChI is InChI=1S/C14H16N4S/c1-9(2)12(11-6-4-8-19-11)18-13-10(17-14(18)15)5-3-7-16-13/h3-9,12H,1-2H3,(H2,15,17). The molecule has 0 aromatic carbocycles. The predicted molar refractivity (Wildman–Crippen MR) is 79.2 cm³/mol. The van der Waals surface area contributed by atoms with Gasteiger partial charge in [0.05, 0.1) is 6.04 Å². The van der Waals surface area contributed by atoms with Gasteiger partial charge in [0.25, 0.3) is 0 Å². The lowest BCUT2D eigenvalue weighted by molar-refractivity contribution is 0.455. The molecule has 98 valence electrons. The second-order valence-corrected chi connectivity index (χ2v) is 5.87. The fraction of sp³-hybridized carbons (Fsp3) is 0.286. The van der Waals surface area contributed by atoms with Crippen molar-refractivity contribution >= 4 is 28.4 Å². The lowest BCUT2D eigenvalue weighted by Crippen LogP contribution is -2.18. The van der Waals surface area contributed by atoms with E-state index in [1.54, 1.807) is 17.5 Å². The number of thiophene rings is 1. The van der Waals surface area contributed by atoms with Crippen molar-refractivity contribution in [2.75, 3.05) is 5.73 Å². The van der Waals surface area contributed by atoms with Gasteiger partial charge in [0.15, 0.2) is 5.65 Å². The maximum absolute atomic E-state index is 6.11. The third kappa shape index (κ3) is 2.00. The van der Waals surface area contributed by atoms with Crippen LogP contribution >= 0.6 is 11.3 Å². The van der Waals surface area contributed by atoms with Crippen LogP contribution in [-0.2, 0) is 0 Å². The Morgan fingerprint density at radius 1 is 1.26 bits per heavy atom. The van der Waals surface area contributed by atoms with E-state index < -0.39 is 0 Å². The van der Waals surface area contributed by atoms with Crippen LogP contribution in [-0.4, -0.2) is 14.5 Å². The number of aromatic nitrogens is 3. The first-order chi connectivity index (χ1) is 9.18. The summed E-state index contributed by atoms with van der Waals surface area (Å²) >= 11 is 1.74. The lowest BCUT2D eigenvalue weighted by atomic mass is 10.0. The summed E-state index contributed by atoms with van der Waals surface area (Å²) in [5.41, 5.74) is 7.82. The third-order valence-corrected chi connectivity index (χ3v) is 4.16. The van der Waals surface area contributed by atoms with Gasteiger partial charge >= 0.3 is 0 Å². The number of nitrogen functional groups attached to an aromatic ring is 1. The molecule has 0 amide bonds. The van der Waals surface area contributed by atoms with Gasteiger partial charge in [-0.25, -0.2) is 9.97 Å². The summed E-state index contributed by atoms with van der Waals surface area (Å²) in [6, 6.07) is 8.22. The number of hydrogen-bond donors (Lipinski definition) is 1. The summed E-state index contributed by atoms with van der Waals surface area (Å²) in [5.74, 6) is 0.946. The predicted octanol–water partition coefficient (Wildman–Crippen LogP) is 3.32. The minimum absolute atomic E-state index is 0.180. The van der Waals surface area contributed by atoms with E-state index in [9.17, 15) is 0 Å². The molecule has 4 nitrogen and oxygen atoms in total. The van der Waals surface area contributed by atoms with Crippen molar-refractivity contribution in [3.63, 3.8) is 0 Å². The molecule has 3 aromatic heterocycles. The molecule has 5 heteroatoms. The van der Waals surface area contributed by atoms with Crippen molar-refractivity contribution in [3.05, 3.63) is 40.7 Å². The summed E-state index contributed by atoms with van der Waals surface area (Å²) in [4.78, 5) is 10.1. The normalized spacial score (nSPS) is 13.2.